The molecule has 0 saturated carbocycles. The number of carbonyl (C=O) groups excluding carboxylic acids is 1. The first-order valence-corrected chi connectivity index (χ1v) is 10.4. The highest BCUT2D eigenvalue weighted by Gasteiger charge is 2.18. The predicted octanol–water partition coefficient (Wildman–Crippen LogP) is 3.95. The van der Waals surface area contributed by atoms with E-state index in [1.807, 2.05) is 24.3 Å². The highest BCUT2D eigenvalue weighted by atomic mass is 16.5. The molecule has 6 heteroatoms. The standard InChI is InChI=1S/C25H28O6/c1-31-25-23(30)11-8-17(7-10-22(29)15-20(27)3-2-12-26)24(25)18-5-4-16-6-9-21(28)14-19(16)13-18/h4-6,8-9,11,13-14,20,26-28,30H,2-3,7,10,12,15H2,1H3. The first-order valence-electron chi connectivity index (χ1n) is 10.4. The number of aryl methyl sites for hydroxylation is 1. The summed E-state index contributed by atoms with van der Waals surface area (Å²) in [4.78, 5) is 12.3. The van der Waals surface area contributed by atoms with Crippen molar-refractivity contribution in [1.29, 1.82) is 0 Å². The van der Waals surface area contributed by atoms with Crippen LogP contribution in [0.2, 0.25) is 0 Å². The van der Waals surface area contributed by atoms with Crippen LogP contribution in [0.25, 0.3) is 21.9 Å². The molecule has 0 amide bonds. The minimum absolute atomic E-state index is 0.00279. The van der Waals surface area contributed by atoms with E-state index in [0.29, 0.717) is 30.6 Å². The Morgan fingerprint density at radius 3 is 2.55 bits per heavy atom. The third-order valence-corrected chi connectivity index (χ3v) is 5.37. The molecule has 6 nitrogen and oxygen atoms in total. The fourth-order valence-corrected chi connectivity index (χ4v) is 3.80. The van der Waals surface area contributed by atoms with E-state index in [1.165, 1.54) is 7.11 Å². The summed E-state index contributed by atoms with van der Waals surface area (Å²) in [5.74, 6) is 0.431. The van der Waals surface area contributed by atoms with Crippen molar-refractivity contribution in [2.45, 2.75) is 38.2 Å². The van der Waals surface area contributed by atoms with Crippen LogP contribution in [0.5, 0.6) is 17.2 Å². The van der Waals surface area contributed by atoms with E-state index < -0.39 is 6.10 Å². The van der Waals surface area contributed by atoms with Crippen LogP contribution in [0.4, 0.5) is 0 Å². The van der Waals surface area contributed by atoms with Gasteiger partial charge in [0.1, 0.15) is 11.5 Å². The van der Waals surface area contributed by atoms with Gasteiger partial charge in [-0.1, -0.05) is 24.3 Å². The summed E-state index contributed by atoms with van der Waals surface area (Å²) in [6, 6.07) is 14.2. The number of Topliss-reactive ketones (excluding diaryl/α,β-unsaturated/α-hetero) is 1. The van der Waals surface area contributed by atoms with Crippen molar-refractivity contribution >= 4 is 16.6 Å². The molecule has 0 spiro atoms. The number of benzene rings is 3. The summed E-state index contributed by atoms with van der Waals surface area (Å²) in [5.41, 5.74) is 2.34. The lowest BCUT2D eigenvalue weighted by Gasteiger charge is -2.16. The fourth-order valence-electron chi connectivity index (χ4n) is 3.80. The number of phenolic OH excluding ortho intramolecular Hbond substituents is 2. The number of phenols is 2. The molecule has 4 N–H and O–H groups in total. The molecule has 0 saturated heterocycles. The topological polar surface area (TPSA) is 107 Å². The quantitative estimate of drug-likeness (QED) is 0.393. The Labute approximate surface area is 181 Å². The molecule has 3 aromatic carbocycles. The predicted molar refractivity (Wildman–Crippen MR) is 120 cm³/mol. The van der Waals surface area contributed by atoms with Crippen LogP contribution in [0.3, 0.4) is 0 Å². The zero-order valence-corrected chi connectivity index (χ0v) is 17.5. The van der Waals surface area contributed by atoms with E-state index in [1.54, 1.807) is 24.3 Å². The average molecular weight is 424 g/mol. The number of aromatic hydroxyl groups is 2. The van der Waals surface area contributed by atoms with Crippen LogP contribution >= 0.6 is 0 Å². The van der Waals surface area contributed by atoms with Crippen molar-refractivity contribution < 1.29 is 30.0 Å². The zero-order valence-electron chi connectivity index (χ0n) is 17.5. The van der Waals surface area contributed by atoms with E-state index >= 15 is 0 Å². The SMILES string of the molecule is COc1c(O)ccc(CCC(=O)CC(O)CCCO)c1-c1ccc2ccc(O)cc2c1. The molecule has 0 fully saturated rings. The Morgan fingerprint density at radius 1 is 1.03 bits per heavy atom. The molecule has 3 rings (SSSR count). The number of aliphatic hydroxyl groups is 2. The number of ether oxygens (including phenoxy) is 1. The Bertz CT molecular complexity index is 1060. The largest absolute Gasteiger partial charge is 0.508 e. The monoisotopic (exact) mass is 424 g/mol. The van der Waals surface area contributed by atoms with Crippen LogP contribution in [0.15, 0.2) is 48.5 Å². The molecule has 0 bridgehead atoms. The Kier molecular flexibility index (Phi) is 7.50. The van der Waals surface area contributed by atoms with Gasteiger partial charge >= 0.3 is 0 Å². The van der Waals surface area contributed by atoms with Crippen molar-refractivity contribution in [3.8, 4) is 28.4 Å². The van der Waals surface area contributed by atoms with Gasteiger partial charge in [-0.25, -0.2) is 0 Å². The summed E-state index contributed by atoms with van der Waals surface area (Å²) >= 11 is 0. The third kappa shape index (κ3) is 5.54. The molecular weight excluding hydrogens is 396 g/mol. The van der Waals surface area contributed by atoms with Crippen LogP contribution in [0.1, 0.15) is 31.2 Å². The molecular formula is C25H28O6. The van der Waals surface area contributed by atoms with Gasteiger partial charge in [-0.05, 0) is 65.4 Å². The number of rotatable bonds is 10. The van der Waals surface area contributed by atoms with Crippen LogP contribution in [-0.2, 0) is 11.2 Å². The van der Waals surface area contributed by atoms with Crippen molar-refractivity contribution in [3.05, 3.63) is 54.1 Å². The Hall–Kier alpha value is -3.09. The van der Waals surface area contributed by atoms with Crippen molar-refractivity contribution in [1.82, 2.24) is 0 Å². The average Bonchev–Trinajstić information content (AvgIpc) is 2.76. The lowest BCUT2D eigenvalue weighted by molar-refractivity contribution is -0.121. The second-order valence-corrected chi connectivity index (χ2v) is 7.66. The minimum Gasteiger partial charge on any atom is -0.508 e. The second kappa shape index (κ2) is 10.3. The molecule has 0 aliphatic carbocycles. The second-order valence-electron chi connectivity index (χ2n) is 7.66. The summed E-state index contributed by atoms with van der Waals surface area (Å²) in [6.45, 7) is -0.00849. The van der Waals surface area contributed by atoms with Gasteiger partial charge in [-0.15, -0.1) is 0 Å². The molecule has 0 radical (unpaired) electrons. The van der Waals surface area contributed by atoms with E-state index in [9.17, 15) is 20.1 Å². The van der Waals surface area contributed by atoms with Gasteiger partial charge in [-0.2, -0.15) is 0 Å². The molecule has 0 aromatic heterocycles. The first-order chi connectivity index (χ1) is 14.9. The summed E-state index contributed by atoms with van der Waals surface area (Å²) in [7, 11) is 1.48. The normalized spacial score (nSPS) is 12.1. The van der Waals surface area contributed by atoms with Crippen LogP contribution in [0, 0.1) is 0 Å². The van der Waals surface area contributed by atoms with Crippen molar-refractivity contribution in [3.63, 3.8) is 0 Å². The van der Waals surface area contributed by atoms with E-state index in [0.717, 1.165) is 21.9 Å². The van der Waals surface area contributed by atoms with E-state index in [2.05, 4.69) is 0 Å². The molecule has 164 valence electrons. The number of methoxy groups -OCH3 is 1. The summed E-state index contributed by atoms with van der Waals surface area (Å²) in [6.07, 6.45) is 0.831. The van der Waals surface area contributed by atoms with Crippen molar-refractivity contribution in [2.24, 2.45) is 0 Å². The number of aliphatic hydroxyl groups excluding tert-OH is 2. The van der Waals surface area contributed by atoms with Gasteiger partial charge in [0.25, 0.3) is 0 Å². The number of carbonyl (C=O) groups is 1. The van der Waals surface area contributed by atoms with Gasteiger partial charge in [0, 0.05) is 25.0 Å². The van der Waals surface area contributed by atoms with Crippen molar-refractivity contribution in [2.75, 3.05) is 13.7 Å². The molecule has 1 unspecified atom stereocenters. The zero-order chi connectivity index (χ0) is 22.4. The lowest BCUT2D eigenvalue weighted by Crippen LogP contribution is -2.14. The number of ketones is 1. The Morgan fingerprint density at radius 2 is 1.81 bits per heavy atom. The molecule has 31 heavy (non-hydrogen) atoms. The van der Waals surface area contributed by atoms with Crippen LogP contribution < -0.4 is 4.74 Å². The van der Waals surface area contributed by atoms with Gasteiger partial charge in [-0.3, -0.25) is 4.79 Å². The third-order valence-electron chi connectivity index (χ3n) is 5.37. The maximum Gasteiger partial charge on any atom is 0.168 e. The van der Waals surface area contributed by atoms with E-state index in [4.69, 9.17) is 9.84 Å². The summed E-state index contributed by atoms with van der Waals surface area (Å²) < 4.78 is 5.47. The fraction of sp³-hybridized carbons (Fsp3) is 0.320. The van der Waals surface area contributed by atoms with Gasteiger partial charge in [0.05, 0.1) is 13.2 Å². The highest BCUT2D eigenvalue weighted by molar-refractivity contribution is 5.90. The molecule has 3 aromatic rings. The number of hydrogen-bond donors (Lipinski definition) is 4. The minimum atomic E-state index is -0.748. The molecule has 0 heterocycles. The maximum atomic E-state index is 12.3. The Balaban J connectivity index is 1.90. The highest BCUT2D eigenvalue weighted by Crippen LogP contribution is 2.41. The lowest BCUT2D eigenvalue weighted by atomic mass is 9.92. The van der Waals surface area contributed by atoms with E-state index in [-0.39, 0.29) is 36.7 Å². The molecule has 1 atom stereocenters. The van der Waals surface area contributed by atoms with Gasteiger partial charge in [0.15, 0.2) is 11.5 Å². The van der Waals surface area contributed by atoms with Gasteiger partial charge in [0.2, 0.25) is 0 Å². The molecule has 0 aliphatic heterocycles. The van der Waals surface area contributed by atoms with Gasteiger partial charge < -0.3 is 25.2 Å². The molecule has 0 aliphatic rings. The first kappa shape index (κ1) is 22.6. The summed E-state index contributed by atoms with van der Waals surface area (Å²) in [5, 5.41) is 40.7. The van der Waals surface area contributed by atoms with Crippen LogP contribution in [-0.4, -0.2) is 46.0 Å². The smallest absolute Gasteiger partial charge is 0.168 e. The number of hydrogen-bond acceptors (Lipinski definition) is 6. The maximum absolute atomic E-state index is 12.3. The number of fused-ring (bicyclic) bond motifs is 1.